The number of unbranched alkanes of at least 4 members (excludes halogenated alkanes) is 1. The van der Waals surface area contributed by atoms with Gasteiger partial charge in [-0.15, -0.1) is 0 Å². The number of hydrogen-bond donors (Lipinski definition) is 0. The molecule has 1 aliphatic rings. The molecule has 0 saturated carbocycles. The summed E-state index contributed by atoms with van der Waals surface area (Å²) < 4.78 is 18.5. The number of rotatable bonds is 6. The van der Waals surface area contributed by atoms with Crippen molar-refractivity contribution in [3.05, 3.63) is 29.8 Å². The van der Waals surface area contributed by atoms with Gasteiger partial charge in [-0.05, 0) is 38.3 Å². The van der Waals surface area contributed by atoms with Gasteiger partial charge in [-0.2, -0.15) is 0 Å². The van der Waals surface area contributed by atoms with E-state index in [1.165, 1.54) is 12.0 Å². The third-order valence-corrected chi connectivity index (χ3v) is 5.44. The molecule has 0 radical (unpaired) electrons. The molecule has 2 rings (SSSR count). The van der Waals surface area contributed by atoms with Gasteiger partial charge in [0.15, 0.2) is 0 Å². The second-order valence-electron chi connectivity index (χ2n) is 5.54. The zero-order chi connectivity index (χ0) is 13.7. The second-order valence-corrected chi connectivity index (χ2v) is 6.99. The molecule has 2 atom stereocenters. The lowest BCUT2D eigenvalue weighted by molar-refractivity contribution is 0.0151. The molecule has 1 fully saturated rings. The molecule has 2 nitrogen and oxygen atoms in total. The Kier molecular flexibility index (Phi) is 5.17. The first-order valence-corrected chi connectivity index (χ1v) is 8.56. The van der Waals surface area contributed by atoms with Crippen LogP contribution in [0.5, 0.6) is 0 Å². The van der Waals surface area contributed by atoms with Gasteiger partial charge < -0.3 is 4.74 Å². The van der Waals surface area contributed by atoms with Crippen LogP contribution in [0.25, 0.3) is 0 Å². The highest BCUT2D eigenvalue weighted by atomic mass is 32.2. The summed E-state index contributed by atoms with van der Waals surface area (Å²) >= 11 is 0. The predicted molar refractivity (Wildman–Crippen MR) is 79.9 cm³/mol. The van der Waals surface area contributed by atoms with E-state index < -0.39 is 10.8 Å². The van der Waals surface area contributed by atoms with Crippen molar-refractivity contribution in [2.45, 2.75) is 56.4 Å². The van der Waals surface area contributed by atoms with E-state index in [9.17, 15) is 4.21 Å². The molecule has 106 valence electrons. The van der Waals surface area contributed by atoms with Gasteiger partial charge in [-0.1, -0.05) is 37.5 Å². The molecule has 1 saturated heterocycles. The van der Waals surface area contributed by atoms with Crippen LogP contribution >= 0.6 is 0 Å². The Bertz CT molecular complexity index is 419. The first-order valence-electron chi connectivity index (χ1n) is 7.24. The Labute approximate surface area is 119 Å². The third kappa shape index (κ3) is 3.90. The zero-order valence-electron chi connectivity index (χ0n) is 12.0. The van der Waals surface area contributed by atoms with Crippen molar-refractivity contribution < 1.29 is 8.95 Å². The van der Waals surface area contributed by atoms with Crippen molar-refractivity contribution in [3.8, 4) is 0 Å². The molecule has 0 spiro atoms. The number of ether oxygens (including phenoxy) is 1. The number of hydrogen-bond acceptors (Lipinski definition) is 2. The molecule has 1 aliphatic heterocycles. The van der Waals surface area contributed by atoms with Crippen LogP contribution in [0.2, 0.25) is 0 Å². The van der Waals surface area contributed by atoms with E-state index in [1.54, 1.807) is 0 Å². The highest BCUT2D eigenvalue weighted by Gasteiger charge is 2.36. The Morgan fingerprint density at radius 2 is 2.05 bits per heavy atom. The molecule has 0 amide bonds. The molecule has 1 aromatic carbocycles. The van der Waals surface area contributed by atoms with Crippen LogP contribution < -0.4 is 0 Å². The Morgan fingerprint density at radius 3 is 2.63 bits per heavy atom. The van der Waals surface area contributed by atoms with Gasteiger partial charge in [0.2, 0.25) is 0 Å². The van der Waals surface area contributed by atoms with Crippen molar-refractivity contribution in [1.29, 1.82) is 0 Å². The molecule has 0 aliphatic carbocycles. The minimum absolute atomic E-state index is 0.133. The molecule has 1 heterocycles. The lowest BCUT2D eigenvalue weighted by Crippen LogP contribution is -2.34. The van der Waals surface area contributed by atoms with Gasteiger partial charge in [-0.3, -0.25) is 4.21 Å². The van der Waals surface area contributed by atoms with E-state index in [0.717, 1.165) is 37.2 Å². The third-order valence-electron chi connectivity index (χ3n) is 3.85. The SMILES string of the molecule is CCCC[C@]1(C[S@@](=O)c2ccc(C)cc2)CCCO1. The monoisotopic (exact) mass is 280 g/mol. The largest absolute Gasteiger partial charge is 0.374 e. The lowest BCUT2D eigenvalue weighted by atomic mass is 9.96. The van der Waals surface area contributed by atoms with Crippen molar-refractivity contribution >= 4 is 10.8 Å². The maximum Gasteiger partial charge on any atom is 0.0801 e. The summed E-state index contributed by atoms with van der Waals surface area (Å²) in [6, 6.07) is 8.02. The summed E-state index contributed by atoms with van der Waals surface area (Å²) in [6.45, 7) is 5.07. The smallest absolute Gasteiger partial charge is 0.0801 e. The molecule has 0 unspecified atom stereocenters. The van der Waals surface area contributed by atoms with Crippen molar-refractivity contribution in [2.75, 3.05) is 12.4 Å². The fourth-order valence-corrected chi connectivity index (χ4v) is 4.11. The standard InChI is InChI=1S/C16H24O2S/c1-3-4-10-16(11-5-12-18-16)13-19(17)15-8-6-14(2)7-9-15/h6-9H,3-5,10-13H2,1-2H3/t16-,19-/m1/s1. The topological polar surface area (TPSA) is 26.3 Å². The molecule has 0 N–H and O–H groups in total. The van der Waals surface area contributed by atoms with Crippen molar-refractivity contribution in [2.24, 2.45) is 0 Å². The van der Waals surface area contributed by atoms with Gasteiger partial charge in [0, 0.05) is 11.5 Å². The van der Waals surface area contributed by atoms with Crippen molar-refractivity contribution in [1.82, 2.24) is 0 Å². The molecule has 0 aromatic heterocycles. The first-order chi connectivity index (χ1) is 9.15. The van der Waals surface area contributed by atoms with E-state index in [0.29, 0.717) is 5.75 Å². The summed E-state index contributed by atoms with van der Waals surface area (Å²) in [5.41, 5.74) is 1.07. The fourth-order valence-electron chi connectivity index (χ4n) is 2.65. The summed E-state index contributed by atoms with van der Waals surface area (Å²) in [4.78, 5) is 0.928. The van der Waals surface area contributed by atoms with Gasteiger partial charge in [0.1, 0.15) is 0 Å². The van der Waals surface area contributed by atoms with E-state index in [-0.39, 0.29) is 5.60 Å². The average Bonchev–Trinajstić information content (AvgIpc) is 2.86. The van der Waals surface area contributed by atoms with Crippen LogP contribution in [0.1, 0.15) is 44.6 Å². The van der Waals surface area contributed by atoms with Crippen LogP contribution in [0, 0.1) is 6.92 Å². The Hall–Kier alpha value is -0.670. The Balaban J connectivity index is 2.04. The Morgan fingerprint density at radius 1 is 1.32 bits per heavy atom. The van der Waals surface area contributed by atoms with Crippen LogP contribution in [-0.2, 0) is 15.5 Å². The molecule has 19 heavy (non-hydrogen) atoms. The second kappa shape index (κ2) is 6.67. The summed E-state index contributed by atoms with van der Waals surface area (Å²) in [7, 11) is -0.949. The fraction of sp³-hybridized carbons (Fsp3) is 0.625. The molecular weight excluding hydrogens is 256 g/mol. The van der Waals surface area contributed by atoms with E-state index in [2.05, 4.69) is 13.8 Å². The quantitative estimate of drug-likeness (QED) is 0.791. The summed E-state index contributed by atoms with van der Waals surface area (Å²) in [6.07, 6.45) is 5.54. The maximum atomic E-state index is 12.5. The molecule has 1 aromatic rings. The van der Waals surface area contributed by atoms with E-state index in [1.807, 2.05) is 24.3 Å². The maximum absolute atomic E-state index is 12.5. The number of aryl methyl sites for hydroxylation is 1. The lowest BCUT2D eigenvalue weighted by Gasteiger charge is -2.27. The van der Waals surface area contributed by atoms with Crippen LogP contribution in [-0.4, -0.2) is 22.2 Å². The highest BCUT2D eigenvalue weighted by molar-refractivity contribution is 7.85. The van der Waals surface area contributed by atoms with Gasteiger partial charge in [0.05, 0.1) is 22.2 Å². The first kappa shape index (κ1) is 14.7. The summed E-state index contributed by atoms with van der Waals surface area (Å²) in [5, 5.41) is 0. The van der Waals surface area contributed by atoms with Gasteiger partial charge in [0.25, 0.3) is 0 Å². The van der Waals surface area contributed by atoms with Crippen LogP contribution in [0.15, 0.2) is 29.2 Å². The normalized spacial score (nSPS) is 24.5. The van der Waals surface area contributed by atoms with Crippen LogP contribution in [0.4, 0.5) is 0 Å². The molecule has 0 bridgehead atoms. The minimum atomic E-state index is -0.949. The zero-order valence-corrected chi connectivity index (χ0v) is 12.8. The van der Waals surface area contributed by atoms with E-state index in [4.69, 9.17) is 4.74 Å². The van der Waals surface area contributed by atoms with Gasteiger partial charge >= 0.3 is 0 Å². The number of benzene rings is 1. The summed E-state index contributed by atoms with van der Waals surface area (Å²) in [5.74, 6) is 0.649. The van der Waals surface area contributed by atoms with Crippen molar-refractivity contribution in [3.63, 3.8) is 0 Å². The average molecular weight is 280 g/mol. The molecule has 3 heteroatoms. The van der Waals surface area contributed by atoms with Gasteiger partial charge in [-0.25, -0.2) is 0 Å². The molecular formula is C16H24O2S. The minimum Gasteiger partial charge on any atom is -0.374 e. The van der Waals surface area contributed by atoms with E-state index >= 15 is 0 Å². The van der Waals surface area contributed by atoms with Crippen LogP contribution in [0.3, 0.4) is 0 Å². The highest BCUT2D eigenvalue weighted by Crippen LogP contribution is 2.33. The predicted octanol–water partition coefficient (Wildman–Crippen LogP) is 3.84.